The number of hydrogen-bond acceptors (Lipinski definition) is 3. The van der Waals surface area contributed by atoms with E-state index in [2.05, 4.69) is 19.2 Å². The summed E-state index contributed by atoms with van der Waals surface area (Å²) in [6.07, 6.45) is 4.09. The molecule has 1 aliphatic rings. The van der Waals surface area contributed by atoms with Gasteiger partial charge in [-0.2, -0.15) is 0 Å². The highest BCUT2D eigenvalue weighted by atomic mass is 32.2. The Bertz CT molecular complexity index is 322. The molecule has 0 aromatic heterocycles. The Balaban J connectivity index is 2.49. The van der Waals surface area contributed by atoms with Crippen LogP contribution < -0.4 is 5.32 Å². The third-order valence-electron chi connectivity index (χ3n) is 3.84. The zero-order chi connectivity index (χ0) is 12.9. The predicted molar refractivity (Wildman–Crippen MR) is 72.9 cm³/mol. The Hall–Kier alpha value is -0.0900. The number of sulfone groups is 1. The fourth-order valence-corrected chi connectivity index (χ4v) is 4.03. The normalized spacial score (nSPS) is 20.2. The van der Waals surface area contributed by atoms with Crippen molar-refractivity contribution in [3.05, 3.63) is 0 Å². The second-order valence-electron chi connectivity index (χ2n) is 5.61. The van der Waals surface area contributed by atoms with Crippen LogP contribution in [0.25, 0.3) is 0 Å². The lowest BCUT2D eigenvalue weighted by molar-refractivity contribution is 0.250. The minimum absolute atomic E-state index is 0.177. The highest BCUT2D eigenvalue weighted by Gasteiger charge is 2.41. The van der Waals surface area contributed by atoms with E-state index in [-0.39, 0.29) is 5.41 Å². The first-order valence-electron chi connectivity index (χ1n) is 6.84. The van der Waals surface area contributed by atoms with Gasteiger partial charge >= 0.3 is 0 Å². The molecule has 1 saturated carbocycles. The molecule has 0 aliphatic heterocycles. The minimum Gasteiger partial charge on any atom is -0.316 e. The number of hydrogen-bond donors (Lipinski definition) is 1. The standard InChI is InChI=1S/C13H27NO2S/c1-4-9-17(15,16)10-8-13(3,11-14-5-2)12-6-7-12/h12,14H,4-11H2,1-3H3. The van der Waals surface area contributed by atoms with Crippen LogP contribution in [0.5, 0.6) is 0 Å². The Morgan fingerprint density at radius 2 is 1.88 bits per heavy atom. The van der Waals surface area contributed by atoms with Crippen LogP contribution in [0, 0.1) is 11.3 Å². The van der Waals surface area contributed by atoms with E-state index in [1.807, 2.05) is 6.92 Å². The molecule has 0 spiro atoms. The van der Waals surface area contributed by atoms with Crippen molar-refractivity contribution in [2.24, 2.45) is 11.3 Å². The van der Waals surface area contributed by atoms with Crippen molar-refractivity contribution in [1.82, 2.24) is 5.32 Å². The van der Waals surface area contributed by atoms with Gasteiger partial charge in [-0.15, -0.1) is 0 Å². The quantitative estimate of drug-likeness (QED) is 0.692. The van der Waals surface area contributed by atoms with Gasteiger partial charge in [0.05, 0.1) is 5.75 Å². The molecular formula is C13H27NO2S. The highest BCUT2D eigenvalue weighted by molar-refractivity contribution is 7.91. The Kier molecular flexibility index (Phi) is 5.45. The van der Waals surface area contributed by atoms with Crippen LogP contribution in [-0.2, 0) is 9.84 Å². The van der Waals surface area contributed by atoms with Gasteiger partial charge in [-0.25, -0.2) is 8.42 Å². The van der Waals surface area contributed by atoms with Gasteiger partial charge in [-0.05, 0) is 43.6 Å². The van der Waals surface area contributed by atoms with E-state index >= 15 is 0 Å². The lowest BCUT2D eigenvalue weighted by Gasteiger charge is -2.30. The molecule has 1 atom stereocenters. The van der Waals surface area contributed by atoms with Crippen molar-refractivity contribution in [3.8, 4) is 0 Å². The first-order valence-corrected chi connectivity index (χ1v) is 8.67. The molecule has 1 aliphatic carbocycles. The van der Waals surface area contributed by atoms with E-state index in [1.165, 1.54) is 12.8 Å². The van der Waals surface area contributed by atoms with Crippen LogP contribution in [-0.4, -0.2) is 33.0 Å². The van der Waals surface area contributed by atoms with Gasteiger partial charge in [0.1, 0.15) is 9.84 Å². The molecule has 0 aromatic rings. The number of nitrogens with one attached hydrogen (secondary N) is 1. The number of rotatable bonds is 9. The van der Waals surface area contributed by atoms with Gasteiger partial charge < -0.3 is 5.32 Å². The summed E-state index contributed by atoms with van der Waals surface area (Å²) in [5.41, 5.74) is 0.177. The van der Waals surface area contributed by atoms with Crippen LogP contribution in [0.1, 0.15) is 46.5 Å². The first-order chi connectivity index (χ1) is 7.93. The largest absolute Gasteiger partial charge is 0.316 e. The lowest BCUT2D eigenvalue weighted by atomic mass is 9.82. The second-order valence-corrected chi connectivity index (χ2v) is 7.91. The highest BCUT2D eigenvalue weighted by Crippen LogP contribution is 2.47. The maximum absolute atomic E-state index is 11.8. The molecular weight excluding hydrogens is 234 g/mol. The van der Waals surface area contributed by atoms with Gasteiger partial charge in [0, 0.05) is 12.3 Å². The van der Waals surface area contributed by atoms with Gasteiger partial charge in [-0.3, -0.25) is 0 Å². The van der Waals surface area contributed by atoms with E-state index in [0.29, 0.717) is 11.5 Å². The van der Waals surface area contributed by atoms with Crippen molar-refractivity contribution < 1.29 is 8.42 Å². The molecule has 4 heteroatoms. The Morgan fingerprint density at radius 3 is 2.35 bits per heavy atom. The molecule has 1 rings (SSSR count). The zero-order valence-corrected chi connectivity index (χ0v) is 12.3. The zero-order valence-electron chi connectivity index (χ0n) is 11.5. The first kappa shape index (κ1) is 15.0. The summed E-state index contributed by atoms with van der Waals surface area (Å²) in [6.45, 7) is 8.19. The summed E-state index contributed by atoms with van der Waals surface area (Å²) in [7, 11) is -2.82. The van der Waals surface area contributed by atoms with Crippen LogP contribution in [0.3, 0.4) is 0 Å². The molecule has 0 amide bonds. The third-order valence-corrected chi connectivity index (χ3v) is 5.70. The van der Waals surface area contributed by atoms with Gasteiger partial charge in [0.15, 0.2) is 0 Å². The average Bonchev–Trinajstić information content (AvgIpc) is 3.08. The molecule has 3 nitrogen and oxygen atoms in total. The molecule has 1 N–H and O–H groups in total. The fourth-order valence-electron chi connectivity index (χ4n) is 2.43. The smallest absolute Gasteiger partial charge is 0.150 e. The summed E-state index contributed by atoms with van der Waals surface area (Å²) in [5, 5.41) is 3.38. The van der Waals surface area contributed by atoms with E-state index in [1.54, 1.807) is 0 Å². The summed E-state index contributed by atoms with van der Waals surface area (Å²) >= 11 is 0. The van der Waals surface area contributed by atoms with Gasteiger partial charge in [-0.1, -0.05) is 20.8 Å². The molecule has 0 heterocycles. The van der Waals surface area contributed by atoms with Crippen LogP contribution >= 0.6 is 0 Å². The third kappa shape index (κ3) is 4.96. The summed E-state index contributed by atoms with van der Waals surface area (Å²) in [4.78, 5) is 0. The maximum atomic E-state index is 11.8. The van der Waals surface area contributed by atoms with Crippen molar-refractivity contribution in [1.29, 1.82) is 0 Å². The molecule has 1 unspecified atom stereocenters. The van der Waals surface area contributed by atoms with Crippen molar-refractivity contribution >= 4 is 9.84 Å². The molecule has 17 heavy (non-hydrogen) atoms. The lowest BCUT2D eigenvalue weighted by Crippen LogP contribution is -2.35. The Morgan fingerprint density at radius 1 is 1.24 bits per heavy atom. The van der Waals surface area contributed by atoms with E-state index < -0.39 is 9.84 Å². The molecule has 0 radical (unpaired) electrons. The predicted octanol–water partition coefficient (Wildman–Crippen LogP) is 2.23. The van der Waals surface area contributed by atoms with Crippen molar-refractivity contribution in [2.75, 3.05) is 24.6 Å². The summed E-state index contributed by atoms with van der Waals surface area (Å²) in [5.74, 6) is 1.44. The molecule has 0 bridgehead atoms. The molecule has 0 aromatic carbocycles. The van der Waals surface area contributed by atoms with Crippen LogP contribution in [0.2, 0.25) is 0 Å². The van der Waals surface area contributed by atoms with Gasteiger partial charge in [0.2, 0.25) is 0 Å². The maximum Gasteiger partial charge on any atom is 0.150 e. The van der Waals surface area contributed by atoms with Gasteiger partial charge in [0.25, 0.3) is 0 Å². The van der Waals surface area contributed by atoms with Crippen LogP contribution in [0.15, 0.2) is 0 Å². The van der Waals surface area contributed by atoms with E-state index in [4.69, 9.17) is 0 Å². The molecule has 102 valence electrons. The summed E-state index contributed by atoms with van der Waals surface area (Å²) < 4.78 is 23.5. The van der Waals surface area contributed by atoms with Crippen LogP contribution in [0.4, 0.5) is 0 Å². The van der Waals surface area contributed by atoms with Crippen molar-refractivity contribution in [3.63, 3.8) is 0 Å². The van der Waals surface area contributed by atoms with Crippen molar-refractivity contribution in [2.45, 2.75) is 46.5 Å². The minimum atomic E-state index is -2.82. The molecule has 1 fully saturated rings. The molecule has 0 saturated heterocycles. The fraction of sp³-hybridized carbons (Fsp3) is 1.00. The monoisotopic (exact) mass is 261 g/mol. The SMILES string of the molecule is CCCS(=O)(=O)CCC(C)(CNCC)C1CC1. The van der Waals surface area contributed by atoms with E-state index in [9.17, 15) is 8.42 Å². The topological polar surface area (TPSA) is 46.2 Å². The summed E-state index contributed by atoms with van der Waals surface area (Å²) in [6, 6.07) is 0. The average molecular weight is 261 g/mol. The van der Waals surface area contributed by atoms with E-state index in [0.717, 1.165) is 31.8 Å². The Labute approximate surface area is 106 Å². The second kappa shape index (κ2) is 6.19.